The van der Waals surface area contributed by atoms with Crippen LogP contribution in [0.4, 0.5) is 4.79 Å². The lowest BCUT2D eigenvalue weighted by Gasteiger charge is -2.35. The van der Waals surface area contributed by atoms with Gasteiger partial charge in [0, 0.05) is 25.3 Å². The maximum atomic E-state index is 12.4. The van der Waals surface area contributed by atoms with Gasteiger partial charge in [0.2, 0.25) is 0 Å². The highest BCUT2D eigenvalue weighted by Gasteiger charge is 2.44. The Balaban J connectivity index is 1.40. The van der Waals surface area contributed by atoms with Crippen molar-refractivity contribution < 1.29 is 9.90 Å². The minimum absolute atomic E-state index is 0.0413. The van der Waals surface area contributed by atoms with Crippen LogP contribution in [0, 0.1) is 18.8 Å². The summed E-state index contributed by atoms with van der Waals surface area (Å²) in [6.45, 7) is 3.61. The molecule has 0 spiro atoms. The zero-order chi connectivity index (χ0) is 16.0. The second-order valence-electron chi connectivity index (χ2n) is 7.61. The molecule has 23 heavy (non-hydrogen) atoms. The molecule has 2 heterocycles. The van der Waals surface area contributed by atoms with E-state index in [0.717, 1.165) is 44.3 Å². The average molecular weight is 318 g/mol. The molecule has 1 aliphatic heterocycles. The van der Waals surface area contributed by atoms with Gasteiger partial charge in [-0.15, -0.1) is 0 Å². The molecular weight excluding hydrogens is 292 g/mol. The minimum atomic E-state index is -0.370. The van der Waals surface area contributed by atoms with Gasteiger partial charge in [0.25, 0.3) is 0 Å². The quantitative estimate of drug-likeness (QED) is 0.872. The topological polar surface area (TPSA) is 70.4 Å². The standard InChI is InChI=1S/C17H26N4O2/c1-11-7-18-21(8-11)15-5-12-9-20(10-13(12)6-16(15)22)17(23)19-14-3-2-4-14/h7-8,12-16,22H,2-6,9-10H2,1H3,(H,19,23)/t12-,13+,15-,16-/m0/s1. The van der Waals surface area contributed by atoms with Crippen LogP contribution < -0.4 is 5.32 Å². The van der Waals surface area contributed by atoms with Crippen molar-refractivity contribution in [1.29, 1.82) is 0 Å². The largest absolute Gasteiger partial charge is 0.391 e. The Labute approximate surface area is 136 Å². The van der Waals surface area contributed by atoms with Crippen LogP contribution in [0.5, 0.6) is 0 Å². The van der Waals surface area contributed by atoms with Crippen LogP contribution in [-0.4, -0.2) is 51.1 Å². The number of carbonyl (C=O) groups is 1. The molecule has 0 bridgehead atoms. The highest BCUT2D eigenvalue weighted by Crippen LogP contribution is 2.41. The maximum absolute atomic E-state index is 12.4. The number of urea groups is 1. The average Bonchev–Trinajstić information content (AvgIpc) is 3.07. The summed E-state index contributed by atoms with van der Waals surface area (Å²) in [5, 5.41) is 18.0. The third kappa shape index (κ3) is 2.84. The molecule has 2 saturated carbocycles. The van der Waals surface area contributed by atoms with Crippen LogP contribution in [0.15, 0.2) is 12.4 Å². The zero-order valence-corrected chi connectivity index (χ0v) is 13.7. The first-order chi connectivity index (χ1) is 11.1. The molecule has 0 unspecified atom stereocenters. The molecule has 0 aromatic carbocycles. The summed E-state index contributed by atoms with van der Waals surface area (Å²) in [6.07, 6.45) is 8.60. The number of fused-ring (bicyclic) bond motifs is 1. The fourth-order valence-electron chi connectivity index (χ4n) is 4.29. The van der Waals surface area contributed by atoms with Gasteiger partial charge in [0.1, 0.15) is 0 Å². The Hall–Kier alpha value is -1.56. The molecule has 1 aromatic heterocycles. The van der Waals surface area contributed by atoms with Crippen molar-refractivity contribution in [2.45, 2.75) is 57.2 Å². The summed E-state index contributed by atoms with van der Waals surface area (Å²) >= 11 is 0. The minimum Gasteiger partial charge on any atom is -0.391 e. The Bertz CT molecular complexity index is 583. The molecule has 6 nitrogen and oxygen atoms in total. The fourth-order valence-corrected chi connectivity index (χ4v) is 4.29. The first-order valence-electron chi connectivity index (χ1n) is 8.84. The molecule has 3 aliphatic rings. The lowest BCUT2D eigenvalue weighted by Crippen LogP contribution is -2.46. The number of aromatic nitrogens is 2. The molecule has 4 atom stereocenters. The van der Waals surface area contributed by atoms with E-state index in [2.05, 4.69) is 10.4 Å². The monoisotopic (exact) mass is 318 g/mol. The van der Waals surface area contributed by atoms with E-state index in [0.29, 0.717) is 17.9 Å². The Kier molecular flexibility index (Phi) is 3.79. The number of amides is 2. The Morgan fingerprint density at radius 3 is 2.65 bits per heavy atom. The van der Waals surface area contributed by atoms with Gasteiger partial charge < -0.3 is 15.3 Å². The number of aliphatic hydroxyl groups excluding tert-OH is 1. The second kappa shape index (κ2) is 5.82. The van der Waals surface area contributed by atoms with Crippen LogP contribution >= 0.6 is 0 Å². The third-order valence-corrected chi connectivity index (χ3v) is 5.90. The summed E-state index contributed by atoms with van der Waals surface area (Å²) in [6, 6.07) is 0.514. The summed E-state index contributed by atoms with van der Waals surface area (Å²) < 4.78 is 1.91. The third-order valence-electron chi connectivity index (χ3n) is 5.90. The lowest BCUT2D eigenvalue weighted by molar-refractivity contribution is 0.0306. The summed E-state index contributed by atoms with van der Waals surface area (Å²) in [5.74, 6) is 0.894. The van der Waals surface area contributed by atoms with E-state index < -0.39 is 0 Å². The molecule has 2 N–H and O–H groups in total. The zero-order valence-electron chi connectivity index (χ0n) is 13.7. The van der Waals surface area contributed by atoms with Crippen molar-refractivity contribution in [3.8, 4) is 0 Å². The molecule has 2 amide bonds. The molecule has 1 aromatic rings. The van der Waals surface area contributed by atoms with Gasteiger partial charge >= 0.3 is 6.03 Å². The molecule has 3 fully saturated rings. The van der Waals surface area contributed by atoms with E-state index in [1.54, 1.807) is 0 Å². The van der Waals surface area contributed by atoms with Crippen molar-refractivity contribution in [3.05, 3.63) is 18.0 Å². The van der Waals surface area contributed by atoms with Crippen LogP contribution in [0.2, 0.25) is 0 Å². The molecule has 4 rings (SSSR count). The predicted octanol–water partition coefficient (Wildman–Crippen LogP) is 1.70. The maximum Gasteiger partial charge on any atom is 0.317 e. The predicted molar refractivity (Wildman–Crippen MR) is 86.0 cm³/mol. The lowest BCUT2D eigenvalue weighted by atomic mass is 9.77. The number of likely N-dealkylation sites (tertiary alicyclic amines) is 1. The number of rotatable bonds is 2. The summed E-state index contributed by atoms with van der Waals surface area (Å²) in [5.41, 5.74) is 1.12. The number of aryl methyl sites for hydroxylation is 1. The normalized spacial score (nSPS) is 34.1. The van der Waals surface area contributed by atoms with Gasteiger partial charge in [0.05, 0.1) is 18.3 Å². The van der Waals surface area contributed by atoms with Crippen LogP contribution in [0.25, 0.3) is 0 Å². The fraction of sp³-hybridized carbons (Fsp3) is 0.765. The molecular formula is C17H26N4O2. The number of aliphatic hydroxyl groups is 1. The van der Waals surface area contributed by atoms with Crippen molar-refractivity contribution in [2.24, 2.45) is 11.8 Å². The highest BCUT2D eigenvalue weighted by molar-refractivity contribution is 5.75. The molecule has 0 radical (unpaired) electrons. The molecule has 1 saturated heterocycles. The second-order valence-corrected chi connectivity index (χ2v) is 7.61. The Morgan fingerprint density at radius 1 is 1.30 bits per heavy atom. The number of carbonyl (C=O) groups excluding carboxylic acids is 1. The SMILES string of the molecule is Cc1cnn([C@H]2C[C@H]3CN(C(=O)NC4CCC4)C[C@H]3C[C@@H]2O)c1. The molecule has 126 valence electrons. The van der Waals surface area contributed by atoms with Crippen LogP contribution in [-0.2, 0) is 0 Å². The van der Waals surface area contributed by atoms with E-state index in [9.17, 15) is 9.90 Å². The van der Waals surface area contributed by atoms with Crippen molar-refractivity contribution in [2.75, 3.05) is 13.1 Å². The molecule has 2 aliphatic carbocycles. The van der Waals surface area contributed by atoms with Crippen molar-refractivity contribution in [1.82, 2.24) is 20.0 Å². The van der Waals surface area contributed by atoms with Crippen molar-refractivity contribution in [3.63, 3.8) is 0 Å². The Morgan fingerprint density at radius 2 is 2.04 bits per heavy atom. The van der Waals surface area contributed by atoms with Crippen LogP contribution in [0.1, 0.15) is 43.7 Å². The van der Waals surface area contributed by atoms with Crippen molar-refractivity contribution >= 4 is 6.03 Å². The van der Waals surface area contributed by atoms with Gasteiger partial charge in [-0.25, -0.2) is 4.79 Å². The van der Waals surface area contributed by atoms with Gasteiger partial charge in [-0.3, -0.25) is 4.68 Å². The first-order valence-corrected chi connectivity index (χ1v) is 8.84. The van der Waals surface area contributed by atoms with Crippen LogP contribution in [0.3, 0.4) is 0 Å². The van der Waals surface area contributed by atoms with E-state index >= 15 is 0 Å². The first kappa shape index (κ1) is 15.0. The van der Waals surface area contributed by atoms with E-state index in [-0.39, 0.29) is 18.2 Å². The number of hydrogen-bond acceptors (Lipinski definition) is 3. The summed E-state index contributed by atoms with van der Waals surface area (Å²) in [7, 11) is 0. The van der Waals surface area contributed by atoms with E-state index in [1.165, 1.54) is 6.42 Å². The smallest absolute Gasteiger partial charge is 0.317 e. The number of nitrogens with one attached hydrogen (secondary N) is 1. The van der Waals surface area contributed by atoms with E-state index in [4.69, 9.17) is 0 Å². The van der Waals surface area contributed by atoms with Gasteiger partial charge in [-0.2, -0.15) is 5.10 Å². The summed E-state index contributed by atoms with van der Waals surface area (Å²) in [4.78, 5) is 14.3. The number of nitrogens with zero attached hydrogens (tertiary/aromatic N) is 3. The molecule has 6 heteroatoms. The highest BCUT2D eigenvalue weighted by atomic mass is 16.3. The van der Waals surface area contributed by atoms with Gasteiger partial charge in [-0.1, -0.05) is 0 Å². The van der Waals surface area contributed by atoms with Gasteiger partial charge in [-0.05, 0) is 56.4 Å². The van der Waals surface area contributed by atoms with Gasteiger partial charge in [0.15, 0.2) is 0 Å². The number of hydrogen-bond donors (Lipinski definition) is 2. The van der Waals surface area contributed by atoms with E-state index in [1.807, 2.05) is 28.9 Å².